The Morgan fingerprint density at radius 3 is 2.59 bits per heavy atom. The first-order valence-corrected chi connectivity index (χ1v) is 6.42. The molecule has 3 heteroatoms. The molecule has 0 bridgehead atoms. The predicted molar refractivity (Wildman–Crippen MR) is 72.7 cm³/mol. The number of ether oxygens (including phenoxy) is 1. The van der Waals surface area contributed by atoms with Crippen molar-refractivity contribution in [2.45, 2.75) is 52.2 Å². The molecular weight excluding hydrogens is 214 g/mol. The Morgan fingerprint density at radius 2 is 2.00 bits per heavy atom. The van der Waals surface area contributed by atoms with Crippen molar-refractivity contribution < 1.29 is 9.84 Å². The van der Waals surface area contributed by atoms with Crippen LogP contribution in [0.3, 0.4) is 0 Å². The van der Waals surface area contributed by atoms with Gasteiger partial charge in [-0.25, -0.2) is 0 Å². The summed E-state index contributed by atoms with van der Waals surface area (Å²) in [7, 11) is 0. The minimum absolute atomic E-state index is 0.265. The molecule has 0 aromatic carbocycles. The molecule has 17 heavy (non-hydrogen) atoms. The Morgan fingerprint density at radius 1 is 1.29 bits per heavy atom. The van der Waals surface area contributed by atoms with Crippen LogP contribution in [0.25, 0.3) is 0 Å². The van der Waals surface area contributed by atoms with Crippen molar-refractivity contribution in [3.05, 3.63) is 24.5 Å². The van der Waals surface area contributed by atoms with E-state index in [1.54, 1.807) is 0 Å². The molecule has 2 N–H and O–H groups in total. The van der Waals surface area contributed by atoms with E-state index in [9.17, 15) is 5.11 Å². The minimum atomic E-state index is -0.603. The van der Waals surface area contributed by atoms with E-state index < -0.39 is 6.23 Å². The van der Waals surface area contributed by atoms with E-state index in [1.165, 1.54) is 12.8 Å². The molecule has 0 fully saturated rings. The van der Waals surface area contributed by atoms with Gasteiger partial charge in [0.2, 0.25) is 0 Å². The van der Waals surface area contributed by atoms with Crippen LogP contribution in [0.1, 0.15) is 46.0 Å². The molecule has 0 heterocycles. The molecule has 0 saturated heterocycles. The molecule has 0 aliphatic rings. The van der Waals surface area contributed by atoms with Crippen LogP contribution in [0.2, 0.25) is 0 Å². The molecule has 0 saturated carbocycles. The van der Waals surface area contributed by atoms with E-state index in [-0.39, 0.29) is 6.61 Å². The SMILES string of the molecule is C=C(C)CCC(=C)OCC(O)NCCCCC. The van der Waals surface area contributed by atoms with Crippen molar-refractivity contribution in [3.63, 3.8) is 0 Å². The monoisotopic (exact) mass is 241 g/mol. The molecule has 0 rings (SSSR count). The topological polar surface area (TPSA) is 41.5 Å². The summed E-state index contributed by atoms with van der Waals surface area (Å²) in [4.78, 5) is 0. The highest BCUT2D eigenvalue weighted by Gasteiger charge is 2.04. The summed E-state index contributed by atoms with van der Waals surface area (Å²) in [6.07, 6.45) is 4.52. The van der Waals surface area contributed by atoms with E-state index in [0.717, 1.165) is 31.4 Å². The number of nitrogens with one attached hydrogen (secondary N) is 1. The number of rotatable bonds is 11. The number of hydrogen-bond acceptors (Lipinski definition) is 3. The number of hydrogen-bond donors (Lipinski definition) is 2. The molecule has 1 unspecified atom stereocenters. The summed E-state index contributed by atoms with van der Waals surface area (Å²) in [5, 5.41) is 12.6. The summed E-state index contributed by atoms with van der Waals surface area (Å²) in [5.74, 6) is 0.711. The van der Waals surface area contributed by atoms with E-state index in [4.69, 9.17) is 4.74 Å². The molecular formula is C14H27NO2. The van der Waals surface area contributed by atoms with Crippen LogP contribution >= 0.6 is 0 Å². The van der Waals surface area contributed by atoms with Crippen molar-refractivity contribution in [2.75, 3.05) is 13.2 Å². The molecule has 0 radical (unpaired) electrons. The number of unbranched alkanes of at least 4 members (excludes halogenated alkanes) is 2. The normalized spacial score (nSPS) is 12.2. The quantitative estimate of drug-likeness (QED) is 0.253. The Bertz CT molecular complexity index is 226. The van der Waals surface area contributed by atoms with Gasteiger partial charge < -0.3 is 9.84 Å². The zero-order valence-electron chi connectivity index (χ0n) is 11.3. The number of allylic oxidation sites excluding steroid dienone is 2. The van der Waals surface area contributed by atoms with Gasteiger partial charge in [-0.2, -0.15) is 0 Å². The lowest BCUT2D eigenvalue weighted by atomic mass is 10.2. The molecule has 0 aromatic rings. The van der Waals surface area contributed by atoms with E-state index in [1.807, 2.05) is 6.92 Å². The Labute approximate surface area is 106 Å². The first-order valence-electron chi connectivity index (χ1n) is 6.42. The van der Waals surface area contributed by atoms with Gasteiger partial charge in [-0.3, -0.25) is 5.32 Å². The first-order chi connectivity index (χ1) is 8.06. The fourth-order valence-corrected chi connectivity index (χ4v) is 1.32. The van der Waals surface area contributed by atoms with E-state index >= 15 is 0 Å². The zero-order valence-corrected chi connectivity index (χ0v) is 11.3. The molecule has 100 valence electrons. The van der Waals surface area contributed by atoms with Gasteiger partial charge in [0.05, 0.1) is 5.76 Å². The lowest BCUT2D eigenvalue weighted by Crippen LogP contribution is -2.33. The van der Waals surface area contributed by atoms with Crippen molar-refractivity contribution in [1.82, 2.24) is 5.32 Å². The van der Waals surface area contributed by atoms with Crippen LogP contribution in [-0.2, 0) is 4.74 Å². The standard InChI is InChI=1S/C14H27NO2/c1-5-6-7-10-15-14(16)11-17-13(4)9-8-12(2)3/h14-16H,2,4-11H2,1,3H3. The third kappa shape index (κ3) is 11.5. The summed E-state index contributed by atoms with van der Waals surface area (Å²) in [5.41, 5.74) is 1.12. The van der Waals surface area contributed by atoms with Crippen molar-refractivity contribution >= 4 is 0 Å². The molecule has 0 aromatic heterocycles. The second kappa shape index (κ2) is 10.4. The molecule has 0 spiro atoms. The average molecular weight is 241 g/mol. The highest BCUT2D eigenvalue weighted by Crippen LogP contribution is 2.09. The summed E-state index contributed by atoms with van der Waals surface area (Å²) < 4.78 is 5.36. The maximum Gasteiger partial charge on any atom is 0.139 e. The van der Waals surface area contributed by atoms with E-state index in [2.05, 4.69) is 25.4 Å². The lowest BCUT2D eigenvalue weighted by molar-refractivity contribution is 0.0464. The van der Waals surface area contributed by atoms with Gasteiger partial charge in [-0.15, -0.1) is 6.58 Å². The van der Waals surface area contributed by atoms with Gasteiger partial charge in [0.15, 0.2) is 0 Å². The van der Waals surface area contributed by atoms with Gasteiger partial charge in [0.1, 0.15) is 12.8 Å². The third-order valence-corrected chi connectivity index (χ3v) is 2.44. The van der Waals surface area contributed by atoms with Gasteiger partial charge in [0.25, 0.3) is 0 Å². The number of aliphatic hydroxyl groups excluding tert-OH is 1. The van der Waals surface area contributed by atoms with Gasteiger partial charge in [-0.05, 0) is 26.3 Å². The summed E-state index contributed by atoms with van der Waals surface area (Å²) in [6.45, 7) is 12.9. The van der Waals surface area contributed by atoms with Crippen molar-refractivity contribution in [3.8, 4) is 0 Å². The molecule has 0 aliphatic heterocycles. The third-order valence-electron chi connectivity index (χ3n) is 2.44. The van der Waals surface area contributed by atoms with Crippen LogP contribution < -0.4 is 5.32 Å². The minimum Gasteiger partial charge on any atom is -0.494 e. The Balaban J connectivity index is 3.45. The highest BCUT2D eigenvalue weighted by atomic mass is 16.5. The second-order valence-electron chi connectivity index (χ2n) is 4.48. The zero-order chi connectivity index (χ0) is 13.1. The van der Waals surface area contributed by atoms with Crippen molar-refractivity contribution in [2.24, 2.45) is 0 Å². The van der Waals surface area contributed by atoms with Gasteiger partial charge in [-0.1, -0.05) is 31.9 Å². The average Bonchev–Trinajstić information content (AvgIpc) is 2.29. The predicted octanol–water partition coefficient (Wildman–Crippen LogP) is 2.97. The van der Waals surface area contributed by atoms with Crippen LogP contribution in [0.15, 0.2) is 24.5 Å². The summed E-state index contributed by atoms with van der Waals surface area (Å²) in [6, 6.07) is 0. The molecule has 0 aliphatic carbocycles. The van der Waals surface area contributed by atoms with Crippen LogP contribution in [-0.4, -0.2) is 24.5 Å². The van der Waals surface area contributed by atoms with Crippen molar-refractivity contribution in [1.29, 1.82) is 0 Å². The van der Waals surface area contributed by atoms with Crippen LogP contribution in [0.5, 0.6) is 0 Å². The largest absolute Gasteiger partial charge is 0.494 e. The highest BCUT2D eigenvalue weighted by molar-refractivity contribution is 4.94. The van der Waals surface area contributed by atoms with Gasteiger partial charge >= 0.3 is 0 Å². The molecule has 3 nitrogen and oxygen atoms in total. The second-order valence-corrected chi connectivity index (χ2v) is 4.48. The van der Waals surface area contributed by atoms with Gasteiger partial charge in [0, 0.05) is 6.42 Å². The maximum absolute atomic E-state index is 9.58. The molecule has 0 amide bonds. The Kier molecular flexibility index (Phi) is 9.87. The maximum atomic E-state index is 9.58. The molecule has 1 atom stereocenters. The smallest absolute Gasteiger partial charge is 0.139 e. The first kappa shape index (κ1) is 16.2. The van der Waals surface area contributed by atoms with E-state index in [0.29, 0.717) is 5.76 Å². The van der Waals surface area contributed by atoms with Crippen LogP contribution in [0, 0.1) is 0 Å². The fourth-order valence-electron chi connectivity index (χ4n) is 1.32. The number of aliphatic hydroxyl groups is 1. The summed E-state index contributed by atoms with van der Waals surface area (Å²) >= 11 is 0. The Hall–Kier alpha value is -0.800. The fraction of sp³-hybridized carbons (Fsp3) is 0.714. The van der Waals surface area contributed by atoms with Crippen LogP contribution in [0.4, 0.5) is 0 Å². The lowest BCUT2D eigenvalue weighted by Gasteiger charge is -2.15.